The Kier molecular flexibility index (Phi) is 3.68. The van der Waals surface area contributed by atoms with Crippen LogP contribution in [-0.2, 0) is 6.42 Å². The van der Waals surface area contributed by atoms with E-state index < -0.39 is 0 Å². The molecule has 1 aromatic heterocycles. The maximum Gasteiger partial charge on any atom is 0.168 e. The molecule has 1 nitrogen and oxygen atoms in total. The highest BCUT2D eigenvalue weighted by molar-refractivity contribution is 9.10. The monoisotopic (exact) mass is 348 g/mol. The number of Topliss-reactive ketones (excluding diaryl/α,β-unsaturated/α-hetero) is 1. The van der Waals surface area contributed by atoms with Gasteiger partial charge in [-0.25, -0.2) is 4.39 Å². The molecule has 0 aliphatic rings. The fourth-order valence-corrected chi connectivity index (χ4v) is 3.77. The SMILES string of the molecule is O=C(Cc1ccccc1F)c1csc2c(Br)cccc12. The average Bonchev–Trinajstić information content (AvgIpc) is 2.87. The van der Waals surface area contributed by atoms with Crippen molar-refractivity contribution in [3.63, 3.8) is 0 Å². The molecule has 100 valence electrons. The van der Waals surface area contributed by atoms with Crippen LogP contribution in [-0.4, -0.2) is 5.78 Å². The predicted octanol–water partition coefficient (Wildman–Crippen LogP) is 5.23. The van der Waals surface area contributed by atoms with E-state index in [1.165, 1.54) is 17.4 Å². The normalized spacial score (nSPS) is 10.9. The van der Waals surface area contributed by atoms with Crippen LogP contribution >= 0.6 is 27.3 Å². The lowest BCUT2D eigenvalue weighted by Crippen LogP contribution is -2.04. The van der Waals surface area contributed by atoms with Crippen molar-refractivity contribution in [2.45, 2.75) is 6.42 Å². The van der Waals surface area contributed by atoms with E-state index in [0.29, 0.717) is 11.1 Å². The summed E-state index contributed by atoms with van der Waals surface area (Å²) >= 11 is 5.00. The van der Waals surface area contributed by atoms with Crippen molar-refractivity contribution in [1.29, 1.82) is 0 Å². The number of hydrogen-bond donors (Lipinski definition) is 0. The molecule has 0 aliphatic carbocycles. The van der Waals surface area contributed by atoms with Crippen molar-refractivity contribution in [1.82, 2.24) is 0 Å². The van der Waals surface area contributed by atoms with Crippen molar-refractivity contribution in [3.8, 4) is 0 Å². The van der Waals surface area contributed by atoms with E-state index >= 15 is 0 Å². The lowest BCUT2D eigenvalue weighted by atomic mass is 10.0. The van der Waals surface area contributed by atoms with Gasteiger partial charge in [-0.3, -0.25) is 4.79 Å². The van der Waals surface area contributed by atoms with E-state index in [-0.39, 0.29) is 18.0 Å². The van der Waals surface area contributed by atoms with Crippen molar-refractivity contribution in [2.75, 3.05) is 0 Å². The van der Waals surface area contributed by atoms with Gasteiger partial charge in [-0.2, -0.15) is 0 Å². The molecule has 0 atom stereocenters. The highest BCUT2D eigenvalue weighted by Gasteiger charge is 2.15. The Hall–Kier alpha value is -1.52. The molecule has 2 aromatic carbocycles. The summed E-state index contributed by atoms with van der Waals surface area (Å²) in [5, 5.41) is 2.77. The van der Waals surface area contributed by atoms with Crippen LogP contribution in [0.5, 0.6) is 0 Å². The summed E-state index contributed by atoms with van der Waals surface area (Å²) in [5.41, 5.74) is 1.10. The Balaban J connectivity index is 1.98. The van der Waals surface area contributed by atoms with Gasteiger partial charge in [0.25, 0.3) is 0 Å². The first kappa shape index (κ1) is 13.5. The third-order valence-electron chi connectivity index (χ3n) is 3.16. The number of hydrogen-bond acceptors (Lipinski definition) is 2. The molecule has 4 heteroatoms. The maximum atomic E-state index is 13.6. The summed E-state index contributed by atoms with van der Waals surface area (Å²) in [4.78, 5) is 12.4. The van der Waals surface area contributed by atoms with Gasteiger partial charge < -0.3 is 0 Å². The van der Waals surface area contributed by atoms with E-state index in [9.17, 15) is 9.18 Å². The fourth-order valence-electron chi connectivity index (χ4n) is 2.15. The summed E-state index contributed by atoms with van der Waals surface area (Å²) in [6.45, 7) is 0. The number of thiophene rings is 1. The van der Waals surface area contributed by atoms with Crippen LogP contribution in [0.3, 0.4) is 0 Å². The Morgan fingerprint density at radius 2 is 1.95 bits per heavy atom. The van der Waals surface area contributed by atoms with Gasteiger partial charge in [0.05, 0.1) is 0 Å². The van der Waals surface area contributed by atoms with Crippen LogP contribution in [0.15, 0.2) is 52.3 Å². The van der Waals surface area contributed by atoms with Crippen molar-refractivity contribution >= 4 is 43.1 Å². The molecule has 0 fully saturated rings. The summed E-state index contributed by atoms with van der Waals surface area (Å²) < 4.78 is 15.6. The third-order valence-corrected chi connectivity index (χ3v) is 5.11. The number of halogens is 2. The van der Waals surface area contributed by atoms with Gasteiger partial charge in [0.2, 0.25) is 0 Å². The van der Waals surface area contributed by atoms with E-state index in [1.54, 1.807) is 18.2 Å². The molecular weight excluding hydrogens is 339 g/mol. The van der Waals surface area contributed by atoms with Gasteiger partial charge in [-0.15, -0.1) is 11.3 Å². The van der Waals surface area contributed by atoms with Crippen LogP contribution in [0.25, 0.3) is 10.1 Å². The summed E-state index contributed by atoms with van der Waals surface area (Å²) in [6.07, 6.45) is 0.0883. The fraction of sp³-hybridized carbons (Fsp3) is 0.0625. The van der Waals surface area contributed by atoms with Crippen LogP contribution in [0.2, 0.25) is 0 Å². The Labute approximate surface area is 128 Å². The number of carbonyl (C=O) groups is 1. The minimum absolute atomic E-state index is 0.0561. The van der Waals surface area contributed by atoms with Gasteiger partial charge in [0, 0.05) is 31.9 Å². The molecule has 0 radical (unpaired) electrons. The first-order valence-electron chi connectivity index (χ1n) is 6.09. The highest BCUT2D eigenvalue weighted by atomic mass is 79.9. The standard InChI is InChI=1S/C16H10BrFOS/c17-13-6-3-5-11-12(9-20-16(11)13)15(19)8-10-4-1-2-7-14(10)18/h1-7,9H,8H2. The number of benzene rings is 2. The summed E-state index contributed by atoms with van der Waals surface area (Å²) in [7, 11) is 0. The zero-order valence-electron chi connectivity index (χ0n) is 10.4. The molecule has 1 heterocycles. The zero-order valence-corrected chi connectivity index (χ0v) is 12.8. The second-order valence-corrected chi connectivity index (χ2v) is 6.19. The Morgan fingerprint density at radius 3 is 2.75 bits per heavy atom. The number of fused-ring (bicyclic) bond motifs is 1. The second kappa shape index (κ2) is 5.46. The predicted molar refractivity (Wildman–Crippen MR) is 84.0 cm³/mol. The molecule has 0 saturated carbocycles. The quantitative estimate of drug-likeness (QED) is 0.592. The largest absolute Gasteiger partial charge is 0.294 e. The molecule has 3 aromatic rings. The zero-order chi connectivity index (χ0) is 14.1. The molecule has 0 spiro atoms. The molecule has 0 N–H and O–H groups in total. The Bertz CT molecular complexity index is 794. The smallest absolute Gasteiger partial charge is 0.168 e. The molecule has 20 heavy (non-hydrogen) atoms. The van der Waals surface area contributed by atoms with Gasteiger partial charge in [-0.05, 0) is 33.6 Å². The molecule has 0 unspecified atom stereocenters. The molecule has 0 saturated heterocycles. The van der Waals surface area contributed by atoms with Crippen molar-refractivity contribution in [2.24, 2.45) is 0 Å². The highest BCUT2D eigenvalue weighted by Crippen LogP contribution is 2.32. The molecule has 0 bridgehead atoms. The van der Waals surface area contributed by atoms with Crippen LogP contribution in [0.1, 0.15) is 15.9 Å². The maximum absolute atomic E-state index is 13.6. The molecular formula is C16H10BrFOS. The molecule has 0 amide bonds. The van der Waals surface area contributed by atoms with Gasteiger partial charge >= 0.3 is 0 Å². The van der Waals surface area contributed by atoms with Crippen molar-refractivity contribution in [3.05, 3.63) is 69.3 Å². The lowest BCUT2D eigenvalue weighted by molar-refractivity contribution is 0.0994. The summed E-state index contributed by atoms with van der Waals surface area (Å²) in [6, 6.07) is 12.2. The van der Waals surface area contributed by atoms with E-state index in [4.69, 9.17) is 0 Å². The first-order valence-corrected chi connectivity index (χ1v) is 7.76. The van der Waals surface area contributed by atoms with Gasteiger partial charge in [0.1, 0.15) is 5.82 Å². The van der Waals surface area contributed by atoms with Crippen LogP contribution in [0, 0.1) is 5.82 Å². The summed E-state index contributed by atoms with van der Waals surface area (Å²) in [5.74, 6) is -0.388. The second-order valence-electron chi connectivity index (χ2n) is 4.46. The number of carbonyl (C=O) groups excluding carboxylic acids is 1. The minimum Gasteiger partial charge on any atom is -0.294 e. The van der Waals surface area contributed by atoms with Crippen molar-refractivity contribution < 1.29 is 9.18 Å². The molecule has 0 aliphatic heterocycles. The van der Waals surface area contributed by atoms with E-state index in [2.05, 4.69) is 15.9 Å². The van der Waals surface area contributed by atoms with E-state index in [0.717, 1.165) is 14.6 Å². The molecule has 3 rings (SSSR count). The lowest BCUT2D eigenvalue weighted by Gasteiger charge is -2.02. The topological polar surface area (TPSA) is 17.1 Å². The van der Waals surface area contributed by atoms with Gasteiger partial charge in [0.15, 0.2) is 5.78 Å². The third kappa shape index (κ3) is 2.41. The number of ketones is 1. The average molecular weight is 349 g/mol. The Morgan fingerprint density at radius 1 is 1.15 bits per heavy atom. The minimum atomic E-state index is -0.332. The van der Waals surface area contributed by atoms with Crippen LogP contribution < -0.4 is 0 Å². The van der Waals surface area contributed by atoms with Gasteiger partial charge in [-0.1, -0.05) is 30.3 Å². The van der Waals surface area contributed by atoms with E-state index in [1.807, 2.05) is 23.6 Å². The number of rotatable bonds is 3. The van der Waals surface area contributed by atoms with Crippen LogP contribution in [0.4, 0.5) is 4.39 Å². The first-order chi connectivity index (χ1) is 9.66.